The lowest BCUT2D eigenvalue weighted by molar-refractivity contribution is 0.0945. The number of pyridine rings is 1. The van der Waals surface area contributed by atoms with E-state index in [0.29, 0.717) is 18.3 Å². The zero-order valence-electron chi connectivity index (χ0n) is 13.6. The molecule has 1 aliphatic carbocycles. The molecule has 1 fully saturated rings. The number of H-pyrrole nitrogens is 1. The van der Waals surface area contributed by atoms with Gasteiger partial charge in [0.25, 0.3) is 5.91 Å². The third-order valence-corrected chi connectivity index (χ3v) is 4.63. The van der Waals surface area contributed by atoms with Crippen LogP contribution < -0.4 is 5.32 Å². The van der Waals surface area contributed by atoms with Crippen LogP contribution >= 0.6 is 0 Å². The van der Waals surface area contributed by atoms with Crippen LogP contribution in [0.25, 0.3) is 22.1 Å². The summed E-state index contributed by atoms with van der Waals surface area (Å²) in [6, 6.07) is 14.2. The number of aromatic nitrogens is 4. The number of aromatic amines is 1. The van der Waals surface area contributed by atoms with Gasteiger partial charge < -0.3 is 14.9 Å². The SMILES string of the molecule is O=C(NCc1nc2ccccc2n1C1CC1)c1ccc2cc[nH]c2n1. The Hall–Kier alpha value is -3.15. The molecule has 2 N–H and O–H groups in total. The predicted molar refractivity (Wildman–Crippen MR) is 95.3 cm³/mol. The van der Waals surface area contributed by atoms with Crippen molar-refractivity contribution in [1.82, 2.24) is 24.8 Å². The zero-order valence-corrected chi connectivity index (χ0v) is 13.6. The second-order valence-electron chi connectivity index (χ2n) is 6.41. The number of fused-ring (bicyclic) bond motifs is 2. The lowest BCUT2D eigenvalue weighted by Gasteiger charge is -2.09. The Bertz CT molecular complexity index is 1090. The minimum atomic E-state index is -0.189. The third-order valence-electron chi connectivity index (χ3n) is 4.63. The van der Waals surface area contributed by atoms with E-state index in [1.807, 2.05) is 36.5 Å². The topological polar surface area (TPSA) is 75.6 Å². The normalized spacial score (nSPS) is 14.2. The number of carbonyl (C=O) groups excluding carboxylic acids is 1. The highest BCUT2D eigenvalue weighted by molar-refractivity contribution is 5.94. The van der Waals surface area contributed by atoms with Crippen molar-refractivity contribution in [3.63, 3.8) is 0 Å². The van der Waals surface area contributed by atoms with Gasteiger partial charge in [-0.25, -0.2) is 9.97 Å². The average Bonchev–Trinajstić information content (AvgIpc) is 3.24. The van der Waals surface area contributed by atoms with Gasteiger partial charge >= 0.3 is 0 Å². The Morgan fingerprint density at radius 1 is 1.16 bits per heavy atom. The summed E-state index contributed by atoms with van der Waals surface area (Å²) in [4.78, 5) is 24.6. The van der Waals surface area contributed by atoms with Crippen LogP contribution in [0.15, 0.2) is 48.7 Å². The second-order valence-corrected chi connectivity index (χ2v) is 6.41. The second kappa shape index (κ2) is 5.44. The van der Waals surface area contributed by atoms with Crippen molar-refractivity contribution in [1.29, 1.82) is 0 Å². The highest BCUT2D eigenvalue weighted by atomic mass is 16.1. The molecular formula is C19H17N5O. The van der Waals surface area contributed by atoms with E-state index in [1.165, 1.54) is 12.8 Å². The number of hydrogen-bond acceptors (Lipinski definition) is 3. The standard InChI is InChI=1S/C19H17N5O/c25-19(15-8-5-12-9-10-20-18(12)23-15)21-11-17-22-14-3-1-2-4-16(14)24(17)13-6-7-13/h1-5,8-10,13H,6-7,11H2,(H,20,23)(H,21,25). The van der Waals surface area contributed by atoms with Crippen molar-refractivity contribution in [2.45, 2.75) is 25.4 Å². The number of carbonyl (C=O) groups is 1. The summed E-state index contributed by atoms with van der Waals surface area (Å²) in [7, 11) is 0. The highest BCUT2D eigenvalue weighted by Gasteiger charge is 2.28. The van der Waals surface area contributed by atoms with Gasteiger partial charge in [-0.05, 0) is 43.2 Å². The summed E-state index contributed by atoms with van der Waals surface area (Å²) in [6.45, 7) is 0.397. The maximum Gasteiger partial charge on any atom is 0.270 e. The van der Waals surface area contributed by atoms with Crippen LogP contribution in [0.4, 0.5) is 0 Å². The van der Waals surface area contributed by atoms with Crippen LogP contribution in [0.2, 0.25) is 0 Å². The fourth-order valence-electron chi connectivity index (χ4n) is 3.27. The van der Waals surface area contributed by atoms with Crippen molar-refractivity contribution >= 4 is 28.0 Å². The van der Waals surface area contributed by atoms with E-state index < -0.39 is 0 Å². The molecule has 0 spiro atoms. The number of imidazole rings is 1. The minimum absolute atomic E-state index is 0.189. The van der Waals surface area contributed by atoms with Crippen molar-refractivity contribution in [2.75, 3.05) is 0 Å². The molecule has 0 saturated heterocycles. The molecule has 25 heavy (non-hydrogen) atoms. The molecule has 1 amide bonds. The molecule has 4 aromatic rings. The molecule has 0 atom stereocenters. The number of benzene rings is 1. The first-order chi connectivity index (χ1) is 12.3. The molecule has 0 bridgehead atoms. The Balaban J connectivity index is 1.41. The molecule has 1 aromatic carbocycles. The fourth-order valence-corrected chi connectivity index (χ4v) is 3.27. The van der Waals surface area contributed by atoms with E-state index in [4.69, 9.17) is 4.98 Å². The molecule has 6 heteroatoms. The van der Waals surface area contributed by atoms with Gasteiger partial charge in [-0.3, -0.25) is 4.79 Å². The first-order valence-electron chi connectivity index (χ1n) is 8.48. The monoisotopic (exact) mass is 331 g/mol. The van der Waals surface area contributed by atoms with Crippen molar-refractivity contribution in [3.05, 3.63) is 60.2 Å². The van der Waals surface area contributed by atoms with Gasteiger partial charge in [0.15, 0.2) is 0 Å². The maximum absolute atomic E-state index is 12.5. The van der Waals surface area contributed by atoms with E-state index in [-0.39, 0.29) is 5.91 Å². The number of amides is 1. The molecule has 0 unspecified atom stereocenters. The summed E-state index contributed by atoms with van der Waals surface area (Å²) in [5.41, 5.74) is 3.24. The number of para-hydroxylation sites is 2. The summed E-state index contributed by atoms with van der Waals surface area (Å²) in [5, 5.41) is 3.95. The highest BCUT2D eigenvalue weighted by Crippen LogP contribution is 2.38. The van der Waals surface area contributed by atoms with E-state index >= 15 is 0 Å². The van der Waals surface area contributed by atoms with Gasteiger partial charge in [0.05, 0.1) is 17.6 Å². The van der Waals surface area contributed by atoms with Crippen molar-refractivity contribution in [3.8, 4) is 0 Å². The lowest BCUT2D eigenvalue weighted by Crippen LogP contribution is -2.25. The number of nitrogens with zero attached hydrogens (tertiary/aromatic N) is 3. The van der Waals surface area contributed by atoms with Crippen LogP contribution in [0.3, 0.4) is 0 Å². The molecule has 0 aliphatic heterocycles. The minimum Gasteiger partial charge on any atom is -0.346 e. The molecule has 3 aromatic heterocycles. The Morgan fingerprint density at radius 3 is 2.92 bits per heavy atom. The maximum atomic E-state index is 12.5. The van der Waals surface area contributed by atoms with Crippen LogP contribution in [0.5, 0.6) is 0 Å². The van der Waals surface area contributed by atoms with E-state index in [0.717, 1.165) is 27.9 Å². The van der Waals surface area contributed by atoms with Gasteiger partial charge in [0, 0.05) is 17.6 Å². The largest absolute Gasteiger partial charge is 0.346 e. The van der Waals surface area contributed by atoms with Gasteiger partial charge in [-0.1, -0.05) is 12.1 Å². The van der Waals surface area contributed by atoms with Crippen LogP contribution in [0.1, 0.15) is 35.2 Å². The number of rotatable bonds is 4. The molecule has 1 aliphatic rings. The smallest absolute Gasteiger partial charge is 0.270 e. The predicted octanol–water partition coefficient (Wildman–Crippen LogP) is 3.18. The van der Waals surface area contributed by atoms with Crippen LogP contribution in [-0.2, 0) is 6.54 Å². The number of nitrogens with one attached hydrogen (secondary N) is 2. The summed E-state index contributed by atoms with van der Waals surface area (Å²) < 4.78 is 2.26. The van der Waals surface area contributed by atoms with Crippen molar-refractivity contribution in [2.24, 2.45) is 0 Å². The molecule has 5 rings (SSSR count). The number of hydrogen-bond donors (Lipinski definition) is 2. The Labute approximate surface area is 143 Å². The fraction of sp³-hybridized carbons (Fsp3) is 0.211. The summed E-state index contributed by atoms with van der Waals surface area (Å²) >= 11 is 0. The van der Waals surface area contributed by atoms with Gasteiger partial charge in [-0.15, -0.1) is 0 Å². The summed E-state index contributed by atoms with van der Waals surface area (Å²) in [6.07, 6.45) is 4.16. The molecule has 1 saturated carbocycles. The van der Waals surface area contributed by atoms with Crippen molar-refractivity contribution < 1.29 is 4.79 Å². The van der Waals surface area contributed by atoms with E-state index in [9.17, 15) is 4.79 Å². The van der Waals surface area contributed by atoms with Gasteiger partial charge in [-0.2, -0.15) is 0 Å². The van der Waals surface area contributed by atoms with Crippen LogP contribution in [-0.4, -0.2) is 25.4 Å². The van der Waals surface area contributed by atoms with E-state index in [2.05, 4.69) is 25.9 Å². The first kappa shape index (κ1) is 14.2. The molecule has 124 valence electrons. The first-order valence-corrected chi connectivity index (χ1v) is 8.48. The summed E-state index contributed by atoms with van der Waals surface area (Å²) in [5.74, 6) is 0.712. The Morgan fingerprint density at radius 2 is 2.04 bits per heavy atom. The van der Waals surface area contributed by atoms with Gasteiger partial charge in [0.2, 0.25) is 0 Å². The molecule has 6 nitrogen and oxygen atoms in total. The van der Waals surface area contributed by atoms with Crippen LogP contribution in [0, 0.1) is 0 Å². The molecular weight excluding hydrogens is 314 g/mol. The quantitative estimate of drug-likeness (QED) is 0.603. The molecule has 3 heterocycles. The Kier molecular flexibility index (Phi) is 3.09. The van der Waals surface area contributed by atoms with E-state index in [1.54, 1.807) is 6.07 Å². The average molecular weight is 331 g/mol. The lowest BCUT2D eigenvalue weighted by atomic mass is 10.3. The molecule has 0 radical (unpaired) electrons. The third kappa shape index (κ3) is 2.46. The zero-order chi connectivity index (χ0) is 16.8. The van der Waals surface area contributed by atoms with Gasteiger partial charge in [0.1, 0.15) is 17.2 Å².